The van der Waals surface area contributed by atoms with E-state index in [1.807, 2.05) is 6.92 Å². The molecule has 1 amide bonds. The molecule has 0 spiro atoms. The second-order valence-corrected chi connectivity index (χ2v) is 7.18. The number of halogens is 2. The van der Waals surface area contributed by atoms with Crippen molar-refractivity contribution in [1.82, 2.24) is 5.32 Å². The third kappa shape index (κ3) is 3.18. The average Bonchev–Trinajstić information content (AvgIpc) is 3.05. The van der Waals surface area contributed by atoms with Gasteiger partial charge in [0.2, 0.25) is 10.0 Å². The summed E-state index contributed by atoms with van der Waals surface area (Å²) in [4.78, 5) is 11.7. The molecule has 2 rings (SSSR count). The molecule has 3 N–H and O–H groups in total. The summed E-state index contributed by atoms with van der Waals surface area (Å²) in [5.74, 6) is -1.01. The number of hydrogen-bond donors (Lipinski definition) is 2. The molecule has 2 atom stereocenters. The molecule has 8 heteroatoms. The van der Waals surface area contributed by atoms with Crippen LogP contribution in [0.2, 0.25) is 0 Å². The van der Waals surface area contributed by atoms with Crippen molar-refractivity contribution >= 4 is 31.9 Å². The Balaban J connectivity index is 2.30. The Labute approximate surface area is 124 Å². The number of hydrogen-bond acceptors (Lipinski definition) is 3. The number of nitrogens with two attached hydrogens (primary N) is 1. The van der Waals surface area contributed by atoms with E-state index < -0.39 is 21.7 Å². The van der Waals surface area contributed by atoms with E-state index in [9.17, 15) is 17.6 Å². The fourth-order valence-electron chi connectivity index (χ4n) is 2.04. The van der Waals surface area contributed by atoms with Crippen LogP contribution in [0, 0.1) is 11.7 Å². The number of sulfonamides is 1. The molecule has 0 heterocycles. The summed E-state index contributed by atoms with van der Waals surface area (Å²) in [6.45, 7) is 2.01. The van der Waals surface area contributed by atoms with Gasteiger partial charge in [0.25, 0.3) is 5.91 Å². The molecule has 110 valence electrons. The zero-order chi connectivity index (χ0) is 15.1. The lowest BCUT2D eigenvalue weighted by Gasteiger charge is -2.09. The molecule has 1 aliphatic rings. The molecule has 1 fully saturated rings. The largest absolute Gasteiger partial charge is 0.349 e. The first-order valence-electron chi connectivity index (χ1n) is 6.06. The van der Waals surface area contributed by atoms with Gasteiger partial charge < -0.3 is 5.32 Å². The molecule has 0 bridgehead atoms. The number of amides is 1. The number of rotatable bonds is 4. The third-order valence-electron chi connectivity index (χ3n) is 3.34. The van der Waals surface area contributed by atoms with Gasteiger partial charge in [-0.05, 0) is 40.4 Å². The Bertz CT molecular complexity index is 663. The molecule has 5 nitrogen and oxygen atoms in total. The summed E-state index contributed by atoms with van der Waals surface area (Å²) in [6, 6.07) is 1.92. The van der Waals surface area contributed by atoms with Crippen LogP contribution in [-0.4, -0.2) is 20.4 Å². The van der Waals surface area contributed by atoms with Gasteiger partial charge in [0, 0.05) is 10.5 Å². The quantitative estimate of drug-likeness (QED) is 0.852. The number of benzene rings is 1. The highest BCUT2D eigenvalue weighted by atomic mass is 79.9. The second kappa shape index (κ2) is 5.42. The van der Waals surface area contributed by atoms with Crippen molar-refractivity contribution in [2.45, 2.75) is 30.7 Å². The Morgan fingerprint density at radius 3 is 2.70 bits per heavy atom. The maximum Gasteiger partial charge on any atom is 0.254 e. The highest BCUT2D eigenvalue weighted by Gasteiger charge is 2.37. The van der Waals surface area contributed by atoms with Gasteiger partial charge in [-0.2, -0.15) is 0 Å². The van der Waals surface area contributed by atoms with E-state index in [2.05, 4.69) is 21.2 Å². The van der Waals surface area contributed by atoms with Crippen LogP contribution in [0.1, 0.15) is 30.1 Å². The fourth-order valence-corrected chi connectivity index (χ4v) is 3.65. The number of nitrogens with one attached hydrogen (secondary N) is 1. The molecule has 2 unspecified atom stereocenters. The van der Waals surface area contributed by atoms with E-state index in [1.165, 1.54) is 0 Å². The second-order valence-electron chi connectivity index (χ2n) is 4.79. The molecule has 20 heavy (non-hydrogen) atoms. The first-order valence-corrected chi connectivity index (χ1v) is 8.40. The molecule has 1 aromatic rings. The zero-order valence-corrected chi connectivity index (χ0v) is 13.1. The van der Waals surface area contributed by atoms with Crippen LogP contribution in [0.25, 0.3) is 0 Å². The number of carbonyl (C=O) groups is 1. The zero-order valence-electron chi connectivity index (χ0n) is 10.7. The van der Waals surface area contributed by atoms with Crippen molar-refractivity contribution in [2.75, 3.05) is 0 Å². The lowest BCUT2D eigenvalue weighted by atomic mass is 10.2. The summed E-state index contributed by atoms with van der Waals surface area (Å²) >= 11 is 2.92. The molecule has 1 saturated carbocycles. The Hall–Kier alpha value is -0.990. The van der Waals surface area contributed by atoms with Crippen LogP contribution in [0.4, 0.5) is 4.39 Å². The van der Waals surface area contributed by atoms with Crippen molar-refractivity contribution in [2.24, 2.45) is 11.1 Å². The summed E-state index contributed by atoms with van der Waals surface area (Å²) in [6.07, 6.45) is 1.80. The van der Waals surface area contributed by atoms with Gasteiger partial charge in [0.15, 0.2) is 0 Å². The molecule has 0 aliphatic heterocycles. The molecule has 0 saturated heterocycles. The van der Waals surface area contributed by atoms with Crippen LogP contribution in [-0.2, 0) is 10.0 Å². The summed E-state index contributed by atoms with van der Waals surface area (Å²) in [7, 11) is -4.03. The average molecular weight is 365 g/mol. The topological polar surface area (TPSA) is 89.3 Å². The first kappa shape index (κ1) is 15.4. The Morgan fingerprint density at radius 2 is 2.20 bits per heavy atom. The highest BCUT2D eigenvalue weighted by Crippen LogP contribution is 2.33. The fraction of sp³-hybridized carbons (Fsp3) is 0.417. The van der Waals surface area contributed by atoms with E-state index in [-0.39, 0.29) is 21.0 Å². The van der Waals surface area contributed by atoms with Gasteiger partial charge in [-0.15, -0.1) is 0 Å². The summed E-state index contributed by atoms with van der Waals surface area (Å²) in [5, 5.41) is 7.70. The maximum absolute atomic E-state index is 13.8. The lowest BCUT2D eigenvalue weighted by molar-refractivity contribution is 0.0944. The van der Waals surface area contributed by atoms with Crippen molar-refractivity contribution in [3.8, 4) is 0 Å². The van der Waals surface area contributed by atoms with E-state index in [0.29, 0.717) is 5.92 Å². The SMILES string of the molecule is CCC1CC1NC(=O)c1cc(S(N)(=O)=O)c(Br)cc1F. The van der Waals surface area contributed by atoms with Crippen molar-refractivity contribution in [1.29, 1.82) is 0 Å². The minimum Gasteiger partial charge on any atom is -0.349 e. The molecule has 1 aliphatic carbocycles. The lowest BCUT2D eigenvalue weighted by Crippen LogP contribution is -2.28. The van der Waals surface area contributed by atoms with Gasteiger partial charge in [0.1, 0.15) is 5.82 Å². The maximum atomic E-state index is 13.8. The van der Waals surface area contributed by atoms with E-state index in [4.69, 9.17) is 5.14 Å². The molecular formula is C12H14BrFN2O3S. The van der Waals surface area contributed by atoms with Gasteiger partial charge in [-0.1, -0.05) is 13.3 Å². The highest BCUT2D eigenvalue weighted by molar-refractivity contribution is 9.10. The third-order valence-corrected chi connectivity index (χ3v) is 5.21. The van der Waals surface area contributed by atoms with Gasteiger partial charge >= 0.3 is 0 Å². The monoisotopic (exact) mass is 364 g/mol. The van der Waals surface area contributed by atoms with Crippen LogP contribution in [0.5, 0.6) is 0 Å². The number of carbonyl (C=O) groups excluding carboxylic acids is 1. The molecule has 0 aromatic heterocycles. The summed E-state index contributed by atoms with van der Waals surface area (Å²) in [5.41, 5.74) is -0.320. The van der Waals surface area contributed by atoms with Crippen molar-refractivity contribution < 1.29 is 17.6 Å². The van der Waals surface area contributed by atoms with E-state index in [1.54, 1.807) is 0 Å². The smallest absolute Gasteiger partial charge is 0.254 e. The Morgan fingerprint density at radius 1 is 1.55 bits per heavy atom. The molecular weight excluding hydrogens is 351 g/mol. The van der Waals surface area contributed by atoms with Gasteiger partial charge in [0.05, 0.1) is 10.5 Å². The van der Waals surface area contributed by atoms with Crippen molar-refractivity contribution in [3.63, 3.8) is 0 Å². The van der Waals surface area contributed by atoms with Crippen LogP contribution < -0.4 is 10.5 Å². The first-order chi connectivity index (χ1) is 9.24. The van der Waals surface area contributed by atoms with Gasteiger partial charge in [-0.25, -0.2) is 17.9 Å². The summed E-state index contributed by atoms with van der Waals surface area (Å²) < 4.78 is 36.5. The van der Waals surface area contributed by atoms with Crippen molar-refractivity contribution in [3.05, 3.63) is 28.0 Å². The standard InChI is InChI=1S/C12H14BrFN2O3S/c1-2-6-3-10(6)16-12(17)7-4-11(20(15,18)19)8(13)5-9(7)14/h4-6,10H,2-3H2,1H3,(H,16,17)(H2,15,18,19). The minimum absolute atomic E-state index is 0.00749. The van der Waals surface area contributed by atoms with Crippen LogP contribution in [0.3, 0.4) is 0 Å². The Kier molecular flexibility index (Phi) is 4.17. The predicted octanol–water partition coefficient (Wildman–Crippen LogP) is 1.76. The van der Waals surface area contributed by atoms with E-state index in [0.717, 1.165) is 25.0 Å². The van der Waals surface area contributed by atoms with E-state index >= 15 is 0 Å². The molecule has 1 aromatic carbocycles. The predicted molar refractivity (Wildman–Crippen MR) is 75.1 cm³/mol. The molecule has 0 radical (unpaired) electrons. The number of primary sulfonamides is 1. The van der Waals surface area contributed by atoms with Crippen LogP contribution >= 0.6 is 15.9 Å². The van der Waals surface area contributed by atoms with Gasteiger partial charge in [-0.3, -0.25) is 4.79 Å². The van der Waals surface area contributed by atoms with Crippen LogP contribution in [0.15, 0.2) is 21.5 Å². The normalized spacial score (nSPS) is 21.6. The minimum atomic E-state index is -4.03.